The van der Waals surface area contributed by atoms with Crippen molar-refractivity contribution in [1.82, 2.24) is 14.6 Å². The Morgan fingerprint density at radius 3 is 3.35 bits per heavy atom. The molecule has 1 aliphatic carbocycles. The molecule has 6 nitrogen and oxygen atoms in total. The van der Waals surface area contributed by atoms with Gasteiger partial charge >= 0.3 is 0 Å². The zero-order valence-electron chi connectivity index (χ0n) is 10.8. The summed E-state index contributed by atoms with van der Waals surface area (Å²) in [6, 6.07) is 0. The van der Waals surface area contributed by atoms with Crippen LogP contribution in [-0.4, -0.2) is 33.0 Å². The van der Waals surface area contributed by atoms with Crippen molar-refractivity contribution >= 4 is 33.0 Å². The minimum atomic E-state index is 0.303. The fourth-order valence-corrected chi connectivity index (χ4v) is 3.47. The Kier molecular flexibility index (Phi) is 2.87. The molecule has 2 aromatic rings. The second-order valence-electron chi connectivity index (χ2n) is 5.18. The third kappa shape index (κ3) is 1.88. The number of hydrogen-bond acceptors (Lipinski definition) is 5. The van der Waals surface area contributed by atoms with E-state index in [-0.39, 0.29) is 0 Å². The predicted molar refractivity (Wildman–Crippen MR) is 78.8 cm³/mol. The molecule has 1 aliphatic heterocycles. The summed E-state index contributed by atoms with van der Waals surface area (Å²) >= 11 is 3.50. The molecule has 2 aliphatic rings. The molecule has 7 heteroatoms. The van der Waals surface area contributed by atoms with Gasteiger partial charge in [-0.05, 0) is 35.2 Å². The van der Waals surface area contributed by atoms with E-state index in [1.165, 1.54) is 12.8 Å². The largest absolute Gasteiger partial charge is 0.392 e. The van der Waals surface area contributed by atoms with Gasteiger partial charge in [-0.2, -0.15) is 5.10 Å². The smallest absolute Gasteiger partial charge is 0.153 e. The fourth-order valence-electron chi connectivity index (χ4n) is 3.01. The highest BCUT2D eigenvalue weighted by atomic mass is 79.9. The van der Waals surface area contributed by atoms with Gasteiger partial charge in [-0.15, -0.1) is 0 Å². The van der Waals surface area contributed by atoms with Crippen molar-refractivity contribution in [2.24, 2.45) is 11.1 Å². The highest BCUT2D eigenvalue weighted by Gasteiger charge is 2.37. The molecule has 1 N–H and O–H groups in total. The van der Waals surface area contributed by atoms with E-state index < -0.39 is 0 Å². The van der Waals surface area contributed by atoms with Crippen LogP contribution in [0.5, 0.6) is 0 Å². The van der Waals surface area contributed by atoms with Crippen molar-refractivity contribution in [3.63, 3.8) is 0 Å². The van der Waals surface area contributed by atoms with Crippen molar-refractivity contribution in [3.8, 4) is 0 Å². The quantitative estimate of drug-likeness (QED) is 0.935. The second kappa shape index (κ2) is 4.73. The Hall–Kier alpha value is -1.63. The van der Waals surface area contributed by atoms with Crippen molar-refractivity contribution in [2.75, 3.05) is 11.9 Å². The maximum absolute atomic E-state index is 5.47. The summed E-state index contributed by atoms with van der Waals surface area (Å²) in [6.07, 6.45) is 9.17. The normalized spacial score (nSPS) is 24.6. The van der Waals surface area contributed by atoms with Crippen LogP contribution in [0.25, 0.3) is 5.52 Å². The number of fused-ring (bicyclic) bond motifs is 2. The molecule has 20 heavy (non-hydrogen) atoms. The molecule has 0 bridgehead atoms. The monoisotopic (exact) mass is 335 g/mol. The molecule has 4 rings (SSSR count). The molecule has 0 amide bonds. The molecule has 2 unspecified atom stereocenters. The van der Waals surface area contributed by atoms with Gasteiger partial charge in [0.25, 0.3) is 0 Å². The Labute approximate surface area is 124 Å². The van der Waals surface area contributed by atoms with Crippen LogP contribution in [0.15, 0.2) is 28.2 Å². The van der Waals surface area contributed by atoms with Crippen LogP contribution in [0.3, 0.4) is 0 Å². The molecule has 3 heterocycles. The summed E-state index contributed by atoms with van der Waals surface area (Å²) in [6.45, 7) is 0.672. The summed E-state index contributed by atoms with van der Waals surface area (Å²) in [5, 5.41) is 11.8. The molecule has 0 saturated heterocycles. The zero-order valence-corrected chi connectivity index (χ0v) is 12.4. The number of hydrogen-bond donors (Lipinski definition) is 1. The second-order valence-corrected chi connectivity index (χ2v) is 6.03. The third-order valence-electron chi connectivity index (χ3n) is 4.01. The van der Waals surface area contributed by atoms with Gasteiger partial charge in [0.05, 0.1) is 22.9 Å². The van der Waals surface area contributed by atoms with Crippen LogP contribution >= 0.6 is 15.9 Å². The maximum atomic E-state index is 5.47. The van der Waals surface area contributed by atoms with Crippen molar-refractivity contribution in [3.05, 3.63) is 23.1 Å². The van der Waals surface area contributed by atoms with E-state index in [9.17, 15) is 0 Å². The van der Waals surface area contributed by atoms with Gasteiger partial charge in [0.2, 0.25) is 0 Å². The molecule has 1 saturated carbocycles. The Morgan fingerprint density at radius 1 is 1.45 bits per heavy atom. The van der Waals surface area contributed by atoms with E-state index in [0.717, 1.165) is 27.9 Å². The van der Waals surface area contributed by atoms with Crippen molar-refractivity contribution in [2.45, 2.75) is 25.4 Å². The van der Waals surface area contributed by atoms with E-state index in [1.54, 1.807) is 16.9 Å². The number of oxime groups is 1. The van der Waals surface area contributed by atoms with Crippen LogP contribution in [0.1, 0.15) is 19.3 Å². The lowest BCUT2D eigenvalue weighted by molar-refractivity contribution is 0.0746. The number of anilines is 1. The standard InChI is InChI=1S/C13H14BrN5O/c14-9-6-17-19-5-4-15-13(12(9)19)16-7-10-8-2-1-3-11(8)20-18-10/h4-6,8,11H,1-3,7H2,(H,15,16). The first-order chi connectivity index (χ1) is 9.83. The zero-order chi connectivity index (χ0) is 13.5. The molecular formula is C13H14BrN5O. The van der Waals surface area contributed by atoms with Gasteiger partial charge in [-0.3, -0.25) is 0 Å². The molecule has 2 atom stereocenters. The van der Waals surface area contributed by atoms with Gasteiger partial charge in [-0.25, -0.2) is 9.50 Å². The van der Waals surface area contributed by atoms with Crippen LogP contribution in [0.4, 0.5) is 5.82 Å². The lowest BCUT2D eigenvalue weighted by Crippen LogP contribution is -2.24. The highest BCUT2D eigenvalue weighted by molar-refractivity contribution is 9.10. The summed E-state index contributed by atoms with van der Waals surface area (Å²) in [7, 11) is 0. The minimum Gasteiger partial charge on any atom is -0.392 e. The molecule has 0 spiro atoms. The molecule has 1 fully saturated rings. The average Bonchev–Trinajstić information content (AvgIpc) is 3.13. The minimum absolute atomic E-state index is 0.303. The number of rotatable bonds is 3. The lowest BCUT2D eigenvalue weighted by atomic mass is 10.0. The van der Waals surface area contributed by atoms with Gasteiger partial charge in [0.15, 0.2) is 5.82 Å². The highest BCUT2D eigenvalue weighted by Crippen LogP contribution is 2.34. The van der Waals surface area contributed by atoms with Crippen LogP contribution in [0.2, 0.25) is 0 Å². The summed E-state index contributed by atoms with van der Waals surface area (Å²) in [4.78, 5) is 9.86. The Morgan fingerprint density at radius 2 is 2.40 bits per heavy atom. The van der Waals surface area contributed by atoms with Crippen LogP contribution in [-0.2, 0) is 4.84 Å². The van der Waals surface area contributed by atoms with E-state index in [2.05, 4.69) is 36.5 Å². The van der Waals surface area contributed by atoms with E-state index in [1.807, 2.05) is 6.20 Å². The summed E-state index contributed by atoms with van der Waals surface area (Å²) < 4.78 is 2.72. The first kappa shape index (κ1) is 12.1. The number of aromatic nitrogens is 3. The van der Waals surface area contributed by atoms with Gasteiger partial charge in [-0.1, -0.05) is 5.16 Å². The predicted octanol–water partition coefficient (Wildman–Crippen LogP) is 2.46. The van der Waals surface area contributed by atoms with Crippen LogP contribution in [0, 0.1) is 5.92 Å². The Balaban J connectivity index is 1.55. The number of halogens is 1. The van der Waals surface area contributed by atoms with Gasteiger partial charge in [0.1, 0.15) is 11.6 Å². The first-order valence-electron chi connectivity index (χ1n) is 6.77. The fraction of sp³-hybridized carbons (Fsp3) is 0.462. The van der Waals surface area contributed by atoms with E-state index in [4.69, 9.17) is 4.84 Å². The molecule has 2 aromatic heterocycles. The van der Waals surface area contributed by atoms with Gasteiger partial charge < -0.3 is 10.2 Å². The van der Waals surface area contributed by atoms with E-state index in [0.29, 0.717) is 18.6 Å². The molecule has 0 aromatic carbocycles. The molecule has 0 radical (unpaired) electrons. The summed E-state index contributed by atoms with van der Waals surface area (Å²) in [5.41, 5.74) is 2.04. The SMILES string of the molecule is Brc1cnn2ccnc(NCC3=NOC4CCCC34)c12. The van der Waals surface area contributed by atoms with E-state index >= 15 is 0 Å². The molecular weight excluding hydrogens is 322 g/mol. The average molecular weight is 336 g/mol. The summed E-state index contributed by atoms with van der Waals surface area (Å²) in [5.74, 6) is 1.29. The number of nitrogens with zero attached hydrogens (tertiary/aromatic N) is 4. The van der Waals surface area contributed by atoms with Crippen LogP contribution < -0.4 is 5.32 Å². The first-order valence-corrected chi connectivity index (χ1v) is 7.56. The molecule has 104 valence electrons. The topological polar surface area (TPSA) is 63.8 Å². The van der Waals surface area contributed by atoms with Gasteiger partial charge in [0, 0.05) is 18.3 Å². The third-order valence-corrected chi connectivity index (χ3v) is 4.59. The Bertz CT molecular complexity index is 682. The van der Waals surface area contributed by atoms with Crippen molar-refractivity contribution in [1.29, 1.82) is 0 Å². The lowest BCUT2D eigenvalue weighted by Gasteiger charge is -2.10. The van der Waals surface area contributed by atoms with Crippen molar-refractivity contribution < 1.29 is 4.84 Å². The number of nitrogens with one attached hydrogen (secondary N) is 1. The maximum Gasteiger partial charge on any atom is 0.153 e.